The van der Waals surface area contributed by atoms with E-state index in [4.69, 9.17) is 0 Å². The van der Waals surface area contributed by atoms with Crippen LogP contribution in [0.15, 0.2) is 54.6 Å². The second-order valence-corrected chi connectivity index (χ2v) is 4.74. The van der Waals surface area contributed by atoms with E-state index in [2.05, 4.69) is 10.6 Å². The molecule has 1 atom stereocenters. The van der Waals surface area contributed by atoms with E-state index in [0.29, 0.717) is 12.0 Å². The molecule has 0 spiro atoms. The van der Waals surface area contributed by atoms with Crippen molar-refractivity contribution in [1.29, 1.82) is 0 Å². The number of hydrogen-bond donors (Lipinski definition) is 2. The van der Waals surface area contributed by atoms with Gasteiger partial charge in [0.25, 0.3) is 5.91 Å². The van der Waals surface area contributed by atoms with Crippen LogP contribution >= 0.6 is 0 Å². The fourth-order valence-corrected chi connectivity index (χ4v) is 2.30. The smallest absolute Gasteiger partial charge is 0.251 e. The zero-order valence-corrected chi connectivity index (χ0v) is 10.8. The maximum absolute atomic E-state index is 12.1. The summed E-state index contributed by atoms with van der Waals surface area (Å²) in [6.07, 6.45) is 0.514. The highest BCUT2D eigenvalue weighted by Gasteiger charge is 2.27. The first-order valence-corrected chi connectivity index (χ1v) is 6.49. The highest BCUT2D eigenvalue weighted by atomic mass is 16.2. The summed E-state index contributed by atoms with van der Waals surface area (Å²) in [5, 5.41) is 5.59. The molecule has 4 nitrogen and oxygen atoms in total. The number of rotatable bonds is 2. The van der Waals surface area contributed by atoms with Crippen LogP contribution in [0.4, 0.5) is 5.69 Å². The average molecular weight is 266 g/mol. The first kappa shape index (κ1) is 12.4. The Morgan fingerprint density at radius 1 is 1.05 bits per heavy atom. The second-order valence-electron chi connectivity index (χ2n) is 4.74. The second kappa shape index (κ2) is 5.17. The molecule has 0 aromatic heterocycles. The van der Waals surface area contributed by atoms with Crippen LogP contribution in [0.1, 0.15) is 15.9 Å². The minimum Gasteiger partial charge on any atom is -0.340 e. The van der Waals surface area contributed by atoms with Gasteiger partial charge in [-0.2, -0.15) is 0 Å². The van der Waals surface area contributed by atoms with Gasteiger partial charge in [0.2, 0.25) is 5.91 Å². The van der Waals surface area contributed by atoms with Gasteiger partial charge in [0.1, 0.15) is 6.04 Å². The molecule has 0 fully saturated rings. The third-order valence-corrected chi connectivity index (χ3v) is 3.36. The van der Waals surface area contributed by atoms with Crippen molar-refractivity contribution in [1.82, 2.24) is 5.32 Å². The summed E-state index contributed by atoms with van der Waals surface area (Å²) >= 11 is 0. The van der Waals surface area contributed by atoms with Gasteiger partial charge in [-0.1, -0.05) is 36.4 Å². The van der Waals surface area contributed by atoms with E-state index < -0.39 is 6.04 Å². The Bertz CT molecular complexity index is 653. The number of anilines is 1. The lowest BCUT2D eigenvalue weighted by Gasteiger charge is -2.25. The van der Waals surface area contributed by atoms with Crippen LogP contribution in [0.25, 0.3) is 0 Å². The van der Waals surface area contributed by atoms with Crippen molar-refractivity contribution in [3.8, 4) is 0 Å². The molecule has 2 aromatic rings. The summed E-state index contributed by atoms with van der Waals surface area (Å²) in [6, 6.07) is 16.0. The monoisotopic (exact) mass is 266 g/mol. The minimum absolute atomic E-state index is 0.173. The Hall–Kier alpha value is -2.62. The van der Waals surface area contributed by atoms with Crippen molar-refractivity contribution < 1.29 is 9.59 Å². The number of benzene rings is 2. The first-order valence-electron chi connectivity index (χ1n) is 6.49. The molecule has 1 heterocycles. The largest absolute Gasteiger partial charge is 0.340 e. The van der Waals surface area contributed by atoms with Crippen molar-refractivity contribution in [2.75, 3.05) is 5.32 Å². The van der Waals surface area contributed by atoms with Crippen LogP contribution in [-0.2, 0) is 11.2 Å². The van der Waals surface area contributed by atoms with Gasteiger partial charge in [-0.05, 0) is 23.8 Å². The molecule has 0 saturated carbocycles. The van der Waals surface area contributed by atoms with Crippen molar-refractivity contribution >= 4 is 17.5 Å². The van der Waals surface area contributed by atoms with Gasteiger partial charge in [-0.15, -0.1) is 0 Å². The predicted octanol–water partition coefficient (Wildman–Crippen LogP) is 1.98. The van der Waals surface area contributed by atoms with Crippen molar-refractivity contribution in [3.05, 3.63) is 65.7 Å². The van der Waals surface area contributed by atoms with Gasteiger partial charge in [-0.3, -0.25) is 9.59 Å². The van der Waals surface area contributed by atoms with E-state index in [1.807, 2.05) is 30.3 Å². The summed E-state index contributed by atoms with van der Waals surface area (Å²) in [5.74, 6) is -0.405. The summed E-state index contributed by atoms with van der Waals surface area (Å²) in [6.45, 7) is 0. The third-order valence-electron chi connectivity index (χ3n) is 3.36. The number of amides is 2. The van der Waals surface area contributed by atoms with E-state index in [-0.39, 0.29) is 11.8 Å². The van der Waals surface area contributed by atoms with Crippen molar-refractivity contribution in [3.63, 3.8) is 0 Å². The summed E-state index contributed by atoms with van der Waals surface area (Å²) in [7, 11) is 0. The fraction of sp³-hybridized carbons (Fsp3) is 0.125. The van der Waals surface area contributed by atoms with Crippen LogP contribution in [-0.4, -0.2) is 17.9 Å². The summed E-state index contributed by atoms with van der Waals surface area (Å²) in [4.78, 5) is 24.1. The number of nitrogens with one attached hydrogen (secondary N) is 2. The number of carbonyl (C=O) groups is 2. The molecule has 100 valence electrons. The standard InChI is InChI=1S/C16H14N2O2/c19-15(11-6-2-1-3-7-11)18-14-10-12-8-4-5-9-13(12)17-16(14)20/h1-9,14H,10H2,(H,17,20)(H,18,19)/t14-/m1/s1. The molecular weight excluding hydrogens is 252 g/mol. The molecular formula is C16H14N2O2. The molecule has 2 aromatic carbocycles. The maximum Gasteiger partial charge on any atom is 0.251 e. The zero-order chi connectivity index (χ0) is 13.9. The Balaban J connectivity index is 1.76. The Morgan fingerprint density at radius 2 is 1.75 bits per heavy atom. The lowest BCUT2D eigenvalue weighted by molar-refractivity contribution is -0.118. The SMILES string of the molecule is O=C(N[C@@H]1Cc2ccccc2NC1=O)c1ccccc1. The van der Waals surface area contributed by atoms with Crippen LogP contribution in [0.2, 0.25) is 0 Å². The number of carbonyl (C=O) groups excluding carboxylic acids is 2. The highest BCUT2D eigenvalue weighted by Crippen LogP contribution is 2.21. The molecule has 0 unspecified atom stereocenters. The van der Waals surface area contributed by atoms with Crippen LogP contribution in [0.5, 0.6) is 0 Å². The van der Waals surface area contributed by atoms with E-state index in [9.17, 15) is 9.59 Å². The molecule has 0 aliphatic carbocycles. The van der Waals surface area contributed by atoms with E-state index >= 15 is 0 Å². The molecule has 2 amide bonds. The third kappa shape index (κ3) is 2.40. The van der Waals surface area contributed by atoms with Gasteiger partial charge < -0.3 is 10.6 Å². The lowest BCUT2D eigenvalue weighted by Crippen LogP contribution is -2.47. The number of hydrogen-bond acceptors (Lipinski definition) is 2. The molecule has 0 bridgehead atoms. The van der Waals surface area contributed by atoms with E-state index in [0.717, 1.165) is 11.3 Å². The van der Waals surface area contributed by atoms with E-state index in [1.165, 1.54) is 0 Å². The van der Waals surface area contributed by atoms with Crippen LogP contribution in [0, 0.1) is 0 Å². The molecule has 3 rings (SSSR count). The van der Waals surface area contributed by atoms with Gasteiger partial charge in [0.05, 0.1) is 0 Å². The Labute approximate surface area is 116 Å². The number of para-hydroxylation sites is 1. The normalized spacial score (nSPS) is 17.0. The van der Waals surface area contributed by atoms with Gasteiger partial charge in [-0.25, -0.2) is 0 Å². The van der Waals surface area contributed by atoms with Gasteiger partial charge in [0.15, 0.2) is 0 Å². The Morgan fingerprint density at radius 3 is 2.55 bits per heavy atom. The van der Waals surface area contributed by atoms with Crippen molar-refractivity contribution in [2.24, 2.45) is 0 Å². The predicted molar refractivity (Wildman–Crippen MR) is 76.5 cm³/mol. The van der Waals surface area contributed by atoms with Crippen LogP contribution in [0.3, 0.4) is 0 Å². The van der Waals surface area contributed by atoms with Gasteiger partial charge >= 0.3 is 0 Å². The minimum atomic E-state index is -0.530. The molecule has 20 heavy (non-hydrogen) atoms. The summed E-state index contributed by atoms with van der Waals surface area (Å²) < 4.78 is 0. The fourth-order valence-electron chi connectivity index (χ4n) is 2.30. The average Bonchev–Trinajstić information content (AvgIpc) is 2.49. The topological polar surface area (TPSA) is 58.2 Å². The Kier molecular flexibility index (Phi) is 3.21. The molecule has 0 radical (unpaired) electrons. The quantitative estimate of drug-likeness (QED) is 0.873. The lowest BCUT2D eigenvalue weighted by atomic mass is 9.99. The molecule has 1 aliphatic rings. The zero-order valence-electron chi connectivity index (χ0n) is 10.8. The maximum atomic E-state index is 12.1. The number of fused-ring (bicyclic) bond motifs is 1. The van der Waals surface area contributed by atoms with E-state index in [1.54, 1.807) is 24.3 Å². The van der Waals surface area contributed by atoms with Crippen LogP contribution < -0.4 is 10.6 Å². The van der Waals surface area contributed by atoms with Crippen molar-refractivity contribution in [2.45, 2.75) is 12.5 Å². The highest BCUT2D eigenvalue weighted by molar-refractivity contribution is 6.02. The molecule has 0 saturated heterocycles. The molecule has 2 N–H and O–H groups in total. The summed E-state index contributed by atoms with van der Waals surface area (Å²) in [5.41, 5.74) is 2.41. The van der Waals surface area contributed by atoms with Gasteiger partial charge in [0, 0.05) is 17.7 Å². The first-order chi connectivity index (χ1) is 9.74. The molecule has 4 heteroatoms. The molecule has 1 aliphatic heterocycles.